The van der Waals surface area contributed by atoms with E-state index in [-0.39, 0.29) is 0 Å². The molecule has 1 saturated heterocycles. The monoisotopic (exact) mass is 138 g/mol. The number of hydrogen-bond donors (Lipinski definition) is 0. The van der Waals surface area contributed by atoms with E-state index in [1.165, 1.54) is 32.1 Å². The Morgan fingerprint density at radius 3 is 2.40 bits per heavy atom. The highest BCUT2D eigenvalue weighted by Gasteiger charge is 2.47. The van der Waals surface area contributed by atoms with Crippen LogP contribution in [0.2, 0.25) is 0 Å². The van der Waals surface area contributed by atoms with E-state index in [1.807, 2.05) is 0 Å². The molecule has 0 amide bonds. The lowest BCUT2D eigenvalue weighted by atomic mass is 9.71. The predicted octanol–water partition coefficient (Wildman–Crippen LogP) is 1.96. The third-order valence-electron chi connectivity index (χ3n) is 3.62. The summed E-state index contributed by atoms with van der Waals surface area (Å²) in [7, 11) is 0. The second-order valence-electron chi connectivity index (χ2n) is 4.12. The molecular weight excluding hydrogens is 124 g/mol. The van der Waals surface area contributed by atoms with E-state index in [2.05, 4.69) is 0 Å². The van der Waals surface area contributed by atoms with Gasteiger partial charge in [0.2, 0.25) is 0 Å². The number of hydrogen-bond acceptors (Lipinski definition) is 1. The van der Waals surface area contributed by atoms with E-state index in [0.717, 1.165) is 11.8 Å². The van der Waals surface area contributed by atoms with Gasteiger partial charge in [-0.05, 0) is 43.9 Å². The van der Waals surface area contributed by atoms with Gasteiger partial charge in [-0.25, -0.2) is 0 Å². The molecule has 2 aliphatic carbocycles. The summed E-state index contributed by atoms with van der Waals surface area (Å²) < 4.78 is 5.51. The summed E-state index contributed by atoms with van der Waals surface area (Å²) in [6.07, 6.45) is 8.65. The van der Waals surface area contributed by atoms with Crippen LogP contribution in [0.25, 0.3) is 0 Å². The summed E-state index contributed by atoms with van der Waals surface area (Å²) >= 11 is 0. The number of fused-ring (bicyclic) bond motifs is 2. The van der Waals surface area contributed by atoms with Crippen molar-refractivity contribution in [3.05, 3.63) is 0 Å². The highest BCUT2D eigenvalue weighted by atomic mass is 16.6. The van der Waals surface area contributed by atoms with Crippen LogP contribution >= 0.6 is 0 Å². The molecule has 0 N–H and O–H groups in total. The first-order valence-corrected chi connectivity index (χ1v) is 4.59. The second kappa shape index (κ2) is 1.76. The fraction of sp³-hybridized carbons (Fsp3) is 1.00. The summed E-state index contributed by atoms with van der Waals surface area (Å²) in [6, 6.07) is 0. The summed E-state index contributed by atoms with van der Waals surface area (Å²) in [5.41, 5.74) is 0. The molecule has 3 fully saturated rings. The lowest BCUT2D eigenvalue weighted by Gasteiger charge is -2.35. The van der Waals surface area contributed by atoms with Gasteiger partial charge in [0.1, 0.15) is 0 Å². The molecule has 3 rings (SSSR count). The Kier molecular flexibility index (Phi) is 0.984. The minimum atomic E-state index is 0.700. The maximum absolute atomic E-state index is 5.51. The van der Waals surface area contributed by atoms with Crippen molar-refractivity contribution in [2.75, 3.05) is 0 Å². The van der Waals surface area contributed by atoms with Crippen molar-refractivity contribution in [3.8, 4) is 0 Å². The van der Waals surface area contributed by atoms with Crippen molar-refractivity contribution < 1.29 is 4.74 Å². The Bertz CT molecular complexity index is 155. The Hall–Kier alpha value is -0.0400. The van der Waals surface area contributed by atoms with Crippen LogP contribution in [0.1, 0.15) is 32.1 Å². The molecule has 4 unspecified atom stereocenters. The molecule has 0 aromatic carbocycles. The van der Waals surface area contributed by atoms with Gasteiger partial charge in [-0.2, -0.15) is 0 Å². The number of ether oxygens (including phenoxy) is 1. The SMILES string of the molecule is C1CC2CC3OC3CCC12. The molecular formula is C9H14O. The zero-order chi connectivity index (χ0) is 6.55. The van der Waals surface area contributed by atoms with Crippen LogP contribution in [0, 0.1) is 11.8 Å². The largest absolute Gasteiger partial charge is 0.370 e. The van der Waals surface area contributed by atoms with Crippen molar-refractivity contribution >= 4 is 0 Å². The van der Waals surface area contributed by atoms with Crippen LogP contribution in [0.5, 0.6) is 0 Å². The summed E-state index contributed by atoms with van der Waals surface area (Å²) in [5, 5.41) is 0. The molecule has 0 bridgehead atoms. The van der Waals surface area contributed by atoms with E-state index in [9.17, 15) is 0 Å². The van der Waals surface area contributed by atoms with E-state index in [4.69, 9.17) is 4.74 Å². The van der Waals surface area contributed by atoms with E-state index < -0.39 is 0 Å². The van der Waals surface area contributed by atoms with Crippen molar-refractivity contribution in [1.29, 1.82) is 0 Å². The molecule has 0 radical (unpaired) electrons. The van der Waals surface area contributed by atoms with Gasteiger partial charge in [0.25, 0.3) is 0 Å². The fourth-order valence-electron chi connectivity index (χ4n) is 2.65. The third-order valence-corrected chi connectivity index (χ3v) is 3.62. The Morgan fingerprint density at radius 1 is 0.800 bits per heavy atom. The maximum Gasteiger partial charge on any atom is 0.0844 e. The molecule has 0 spiro atoms. The highest BCUT2D eigenvalue weighted by Crippen LogP contribution is 2.49. The van der Waals surface area contributed by atoms with Crippen molar-refractivity contribution in [3.63, 3.8) is 0 Å². The molecule has 1 nitrogen and oxygen atoms in total. The average Bonchev–Trinajstić information content (AvgIpc) is 2.59. The predicted molar refractivity (Wildman–Crippen MR) is 38.7 cm³/mol. The average molecular weight is 138 g/mol. The minimum absolute atomic E-state index is 0.700. The topological polar surface area (TPSA) is 12.5 Å². The summed E-state index contributed by atoms with van der Waals surface area (Å²) in [4.78, 5) is 0. The second-order valence-corrected chi connectivity index (χ2v) is 4.12. The first-order valence-electron chi connectivity index (χ1n) is 4.59. The molecule has 4 atom stereocenters. The van der Waals surface area contributed by atoms with Gasteiger partial charge in [-0.15, -0.1) is 0 Å². The van der Waals surface area contributed by atoms with Crippen LogP contribution in [0.15, 0.2) is 0 Å². The zero-order valence-electron chi connectivity index (χ0n) is 6.25. The van der Waals surface area contributed by atoms with Gasteiger partial charge in [0.15, 0.2) is 0 Å². The molecule has 3 aliphatic rings. The van der Waals surface area contributed by atoms with Gasteiger partial charge in [-0.3, -0.25) is 0 Å². The van der Waals surface area contributed by atoms with Crippen LogP contribution in [0.4, 0.5) is 0 Å². The van der Waals surface area contributed by atoms with Gasteiger partial charge >= 0.3 is 0 Å². The molecule has 1 heterocycles. The van der Waals surface area contributed by atoms with Gasteiger partial charge in [-0.1, -0.05) is 0 Å². The number of epoxide rings is 1. The van der Waals surface area contributed by atoms with Crippen molar-refractivity contribution in [2.24, 2.45) is 11.8 Å². The van der Waals surface area contributed by atoms with E-state index in [0.29, 0.717) is 12.2 Å². The standard InChI is InChI=1S/C9H14O/c1-2-7-5-9-8(10-9)4-3-6(1)7/h6-9H,1-5H2. The van der Waals surface area contributed by atoms with Gasteiger partial charge in [0, 0.05) is 0 Å². The first-order chi connectivity index (χ1) is 4.93. The van der Waals surface area contributed by atoms with Crippen LogP contribution < -0.4 is 0 Å². The van der Waals surface area contributed by atoms with Crippen LogP contribution in [-0.4, -0.2) is 12.2 Å². The fourth-order valence-corrected chi connectivity index (χ4v) is 2.65. The highest BCUT2D eigenvalue weighted by molar-refractivity contribution is 4.96. The maximum atomic E-state index is 5.51. The quantitative estimate of drug-likeness (QED) is 0.466. The van der Waals surface area contributed by atoms with E-state index >= 15 is 0 Å². The molecule has 1 aliphatic heterocycles. The molecule has 2 saturated carbocycles. The zero-order valence-corrected chi connectivity index (χ0v) is 6.25. The Balaban J connectivity index is 1.74. The smallest absolute Gasteiger partial charge is 0.0844 e. The van der Waals surface area contributed by atoms with Crippen molar-refractivity contribution in [2.45, 2.75) is 44.3 Å². The Labute approximate surface area is 61.8 Å². The summed E-state index contributed by atoms with van der Waals surface area (Å²) in [6.45, 7) is 0. The van der Waals surface area contributed by atoms with Gasteiger partial charge < -0.3 is 4.74 Å². The Morgan fingerprint density at radius 2 is 1.60 bits per heavy atom. The van der Waals surface area contributed by atoms with E-state index in [1.54, 1.807) is 0 Å². The molecule has 1 heteroatoms. The van der Waals surface area contributed by atoms with Gasteiger partial charge in [0.05, 0.1) is 12.2 Å². The first kappa shape index (κ1) is 5.59. The van der Waals surface area contributed by atoms with Crippen molar-refractivity contribution in [1.82, 2.24) is 0 Å². The lowest BCUT2D eigenvalue weighted by Crippen LogP contribution is -2.25. The minimum Gasteiger partial charge on any atom is -0.370 e. The molecule has 56 valence electrons. The normalized spacial score (nSPS) is 57.6. The van der Waals surface area contributed by atoms with Crippen LogP contribution in [0.3, 0.4) is 0 Å². The summed E-state index contributed by atoms with van der Waals surface area (Å²) in [5.74, 6) is 2.17. The molecule has 0 aromatic heterocycles. The number of rotatable bonds is 0. The third kappa shape index (κ3) is 0.672. The lowest BCUT2D eigenvalue weighted by molar-refractivity contribution is 0.133. The molecule has 0 aromatic rings. The molecule has 10 heavy (non-hydrogen) atoms. The van der Waals surface area contributed by atoms with Crippen LogP contribution in [-0.2, 0) is 4.74 Å².